The lowest BCUT2D eigenvalue weighted by Crippen LogP contribution is -2.44. The number of unbranched alkanes of at least 4 members (excludes halogenated alkanes) is 3. The van der Waals surface area contributed by atoms with Gasteiger partial charge in [-0.3, -0.25) is 0 Å². The van der Waals surface area contributed by atoms with Gasteiger partial charge in [-0.2, -0.15) is 0 Å². The number of rotatable bonds is 8. The first kappa shape index (κ1) is 15.0. The molecular weight excluding hydrogens is 208 g/mol. The van der Waals surface area contributed by atoms with E-state index in [1.54, 1.807) is 0 Å². The number of piperidine rings is 1. The third kappa shape index (κ3) is 5.87. The van der Waals surface area contributed by atoms with Crippen LogP contribution in [0, 0.1) is 5.92 Å². The maximum Gasteiger partial charge on any atom is 0.00791 e. The highest BCUT2D eigenvalue weighted by molar-refractivity contribution is 4.80. The molecule has 2 atom stereocenters. The molecule has 0 aromatic rings. The summed E-state index contributed by atoms with van der Waals surface area (Å²) < 4.78 is 0. The van der Waals surface area contributed by atoms with Crippen molar-refractivity contribution in [2.75, 3.05) is 26.2 Å². The molecule has 0 saturated carbocycles. The fourth-order valence-electron chi connectivity index (χ4n) is 2.95. The molecule has 1 saturated heterocycles. The lowest BCUT2D eigenvalue weighted by molar-refractivity contribution is 0.149. The van der Waals surface area contributed by atoms with Crippen molar-refractivity contribution in [3.63, 3.8) is 0 Å². The monoisotopic (exact) mass is 240 g/mol. The van der Waals surface area contributed by atoms with E-state index in [9.17, 15) is 0 Å². The Labute approximate surface area is 108 Å². The predicted molar refractivity (Wildman–Crippen MR) is 76.4 cm³/mol. The van der Waals surface area contributed by atoms with Gasteiger partial charge in [-0.1, -0.05) is 33.1 Å². The van der Waals surface area contributed by atoms with E-state index in [0.29, 0.717) is 6.04 Å². The quantitative estimate of drug-likeness (QED) is 0.655. The lowest BCUT2D eigenvalue weighted by Gasteiger charge is -2.36. The number of hydrogen-bond acceptors (Lipinski definition) is 2. The van der Waals surface area contributed by atoms with Gasteiger partial charge in [0.15, 0.2) is 0 Å². The standard InChI is InChI=1S/C15H32N2/c1-4-6-7-8-11-17-12-9-10-15(13-17)14(3)16-5-2/h14-16H,4-13H2,1-3H3. The van der Waals surface area contributed by atoms with Crippen molar-refractivity contribution in [1.82, 2.24) is 10.2 Å². The topological polar surface area (TPSA) is 15.3 Å². The van der Waals surface area contributed by atoms with Crippen LogP contribution in [0.15, 0.2) is 0 Å². The average molecular weight is 240 g/mol. The molecular formula is C15H32N2. The molecule has 17 heavy (non-hydrogen) atoms. The van der Waals surface area contributed by atoms with Crippen molar-refractivity contribution in [2.24, 2.45) is 5.92 Å². The van der Waals surface area contributed by atoms with E-state index in [1.807, 2.05) is 0 Å². The molecule has 2 nitrogen and oxygen atoms in total. The molecule has 1 heterocycles. The molecule has 0 aromatic heterocycles. The normalized spacial score (nSPS) is 23.8. The van der Waals surface area contributed by atoms with Gasteiger partial charge in [0, 0.05) is 12.6 Å². The van der Waals surface area contributed by atoms with Gasteiger partial charge >= 0.3 is 0 Å². The van der Waals surface area contributed by atoms with E-state index < -0.39 is 0 Å². The summed E-state index contributed by atoms with van der Waals surface area (Å²) >= 11 is 0. The Morgan fingerprint density at radius 3 is 2.76 bits per heavy atom. The van der Waals surface area contributed by atoms with Crippen LogP contribution in [0.3, 0.4) is 0 Å². The zero-order valence-electron chi connectivity index (χ0n) is 12.2. The largest absolute Gasteiger partial charge is 0.314 e. The van der Waals surface area contributed by atoms with Crippen LogP contribution in [0.4, 0.5) is 0 Å². The fourth-order valence-corrected chi connectivity index (χ4v) is 2.95. The third-order valence-electron chi connectivity index (χ3n) is 4.10. The number of hydrogen-bond donors (Lipinski definition) is 1. The maximum absolute atomic E-state index is 3.59. The van der Waals surface area contributed by atoms with Gasteiger partial charge in [0.2, 0.25) is 0 Å². The second kappa shape index (κ2) is 8.93. The van der Waals surface area contributed by atoms with Crippen LogP contribution in [0.25, 0.3) is 0 Å². The fraction of sp³-hybridized carbons (Fsp3) is 1.00. The second-order valence-electron chi connectivity index (χ2n) is 5.61. The molecule has 1 aliphatic rings. The summed E-state index contributed by atoms with van der Waals surface area (Å²) in [5.74, 6) is 0.870. The third-order valence-corrected chi connectivity index (χ3v) is 4.10. The van der Waals surface area contributed by atoms with Crippen LogP contribution in [0.5, 0.6) is 0 Å². The molecule has 1 fully saturated rings. The number of nitrogens with zero attached hydrogens (tertiary/aromatic N) is 1. The van der Waals surface area contributed by atoms with E-state index in [4.69, 9.17) is 0 Å². The van der Waals surface area contributed by atoms with Crippen LogP contribution in [0.2, 0.25) is 0 Å². The second-order valence-corrected chi connectivity index (χ2v) is 5.61. The van der Waals surface area contributed by atoms with Gasteiger partial charge in [-0.05, 0) is 51.7 Å². The summed E-state index contributed by atoms with van der Waals surface area (Å²) in [5, 5.41) is 3.59. The zero-order valence-corrected chi connectivity index (χ0v) is 12.2. The molecule has 1 N–H and O–H groups in total. The first-order chi connectivity index (χ1) is 8.27. The van der Waals surface area contributed by atoms with Crippen LogP contribution in [-0.2, 0) is 0 Å². The van der Waals surface area contributed by atoms with Crippen molar-refractivity contribution < 1.29 is 0 Å². The highest BCUT2D eigenvalue weighted by Gasteiger charge is 2.23. The molecule has 1 aliphatic heterocycles. The van der Waals surface area contributed by atoms with Gasteiger partial charge < -0.3 is 10.2 Å². The van der Waals surface area contributed by atoms with Crippen molar-refractivity contribution in [3.05, 3.63) is 0 Å². The van der Waals surface area contributed by atoms with E-state index >= 15 is 0 Å². The van der Waals surface area contributed by atoms with E-state index in [-0.39, 0.29) is 0 Å². The highest BCUT2D eigenvalue weighted by atomic mass is 15.1. The first-order valence-electron chi connectivity index (χ1n) is 7.73. The van der Waals surface area contributed by atoms with Crippen LogP contribution < -0.4 is 5.32 Å². The Morgan fingerprint density at radius 2 is 2.06 bits per heavy atom. The summed E-state index contributed by atoms with van der Waals surface area (Å²) in [4.78, 5) is 2.69. The van der Waals surface area contributed by atoms with Crippen molar-refractivity contribution >= 4 is 0 Å². The smallest absolute Gasteiger partial charge is 0.00791 e. The van der Waals surface area contributed by atoms with E-state index in [0.717, 1.165) is 12.5 Å². The Hall–Kier alpha value is -0.0800. The summed E-state index contributed by atoms with van der Waals surface area (Å²) in [6.07, 6.45) is 8.38. The minimum Gasteiger partial charge on any atom is -0.314 e. The van der Waals surface area contributed by atoms with Crippen LogP contribution >= 0.6 is 0 Å². The van der Waals surface area contributed by atoms with Gasteiger partial charge in [0.25, 0.3) is 0 Å². The molecule has 1 rings (SSSR count). The Balaban J connectivity index is 2.19. The minimum atomic E-state index is 0.693. The van der Waals surface area contributed by atoms with Gasteiger partial charge in [0.1, 0.15) is 0 Å². The van der Waals surface area contributed by atoms with Crippen molar-refractivity contribution in [1.29, 1.82) is 0 Å². The summed E-state index contributed by atoms with van der Waals surface area (Å²) in [6.45, 7) is 11.9. The molecule has 102 valence electrons. The molecule has 0 bridgehead atoms. The zero-order chi connectivity index (χ0) is 12.5. The Morgan fingerprint density at radius 1 is 1.24 bits per heavy atom. The molecule has 0 spiro atoms. The number of nitrogens with one attached hydrogen (secondary N) is 1. The molecule has 0 radical (unpaired) electrons. The predicted octanol–water partition coefficient (Wildman–Crippen LogP) is 3.28. The molecule has 2 heteroatoms. The van der Waals surface area contributed by atoms with Gasteiger partial charge in [0.05, 0.1) is 0 Å². The maximum atomic E-state index is 3.59. The first-order valence-corrected chi connectivity index (χ1v) is 7.73. The minimum absolute atomic E-state index is 0.693. The van der Waals surface area contributed by atoms with Gasteiger partial charge in [-0.25, -0.2) is 0 Å². The van der Waals surface area contributed by atoms with Crippen molar-refractivity contribution in [2.45, 2.75) is 65.3 Å². The Kier molecular flexibility index (Phi) is 7.87. The van der Waals surface area contributed by atoms with Gasteiger partial charge in [-0.15, -0.1) is 0 Å². The average Bonchev–Trinajstić information content (AvgIpc) is 2.35. The molecule has 0 amide bonds. The van der Waals surface area contributed by atoms with Crippen molar-refractivity contribution in [3.8, 4) is 0 Å². The lowest BCUT2D eigenvalue weighted by atomic mass is 9.91. The van der Waals surface area contributed by atoms with Crippen LogP contribution in [-0.4, -0.2) is 37.1 Å². The SMILES string of the molecule is CCCCCCN1CCCC(C(C)NCC)C1. The summed E-state index contributed by atoms with van der Waals surface area (Å²) in [7, 11) is 0. The Bertz CT molecular complexity index is 182. The van der Waals surface area contributed by atoms with Crippen LogP contribution in [0.1, 0.15) is 59.3 Å². The number of likely N-dealkylation sites (tertiary alicyclic amines) is 1. The molecule has 0 aliphatic carbocycles. The van der Waals surface area contributed by atoms with E-state index in [2.05, 4.69) is 31.0 Å². The van der Waals surface area contributed by atoms with E-state index in [1.165, 1.54) is 58.2 Å². The molecule has 2 unspecified atom stereocenters. The molecule has 0 aromatic carbocycles. The highest BCUT2D eigenvalue weighted by Crippen LogP contribution is 2.20. The summed E-state index contributed by atoms with van der Waals surface area (Å²) in [6, 6.07) is 0.693. The summed E-state index contributed by atoms with van der Waals surface area (Å²) in [5.41, 5.74) is 0.